The lowest BCUT2D eigenvalue weighted by Gasteiger charge is -2.62. The molecule has 238 valence electrons. The Morgan fingerprint density at radius 1 is 1.14 bits per heavy atom. The summed E-state index contributed by atoms with van der Waals surface area (Å²) in [5.41, 5.74) is 8.84. The summed E-state index contributed by atoms with van der Waals surface area (Å²) in [4.78, 5) is 27.4. The number of azide groups is 1. The molecule has 11 atom stereocenters. The van der Waals surface area contributed by atoms with E-state index in [9.17, 15) is 19.8 Å². The molecular formula is C34H53N5O4. The van der Waals surface area contributed by atoms with Crippen LogP contribution < -0.4 is 10.6 Å². The molecule has 9 heteroatoms. The maximum atomic E-state index is 12.6. The third-order valence-electron chi connectivity index (χ3n) is 12.3. The van der Waals surface area contributed by atoms with E-state index in [0.29, 0.717) is 48.3 Å². The number of nitrogens with one attached hydrogen (secondary N) is 2. The predicted octanol–water partition coefficient (Wildman–Crippen LogP) is 5.62. The standard InChI is InChI=1S/C34H53N5O4/c1-5-6-7-11-31(42)37-30(21-36-39-35)38-32(43)12-9-8-10-22(2)26-15-16-27-25-14-13-23-19-24(40)17-18-33(23,3)28(25)20-29(41)34(26,27)4/h1,9,12,22-30,40-41H,6-8,10-11,13-21H2,2-4H3,(H,37,42)(H,38,43)/b12-9+. The molecule has 0 spiro atoms. The number of aliphatic hydroxyl groups is 2. The summed E-state index contributed by atoms with van der Waals surface area (Å²) < 4.78 is 0. The average molecular weight is 596 g/mol. The second-order valence-corrected chi connectivity index (χ2v) is 14.4. The summed E-state index contributed by atoms with van der Waals surface area (Å²) in [5.74, 6) is 5.11. The Morgan fingerprint density at radius 2 is 1.93 bits per heavy atom. The first-order chi connectivity index (χ1) is 20.5. The van der Waals surface area contributed by atoms with E-state index in [2.05, 4.69) is 47.4 Å². The van der Waals surface area contributed by atoms with Crippen LogP contribution in [-0.2, 0) is 9.59 Å². The number of fused-ring (bicyclic) bond motifs is 5. The Morgan fingerprint density at radius 3 is 2.67 bits per heavy atom. The summed E-state index contributed by atoms with van der Waals surface area (Å²) in [6, 6.07) is 0. The van der Waals surface area contributed by atoms with Gasteiger partial charge in [0.25, 0.3) is 0 Å². The molecule has 0 radical (unpaired) electrons. The van der Waals surface area contributed by atoms with E-state index >= 15 is 0 Å². The molecule has 4 fully saturated rings. The van der Waals surface area contributed by atoms with Crippen molar-refractivity contribution in [2.45, 2.75) is 123 Å². The van der Waals surface area contributed by atoms with Crippen molar-refractivity contribution >= 4 is 11.8 Å². The Hall–Kier alpha value is -2.53. The second kappa shape index (κ2) is 14.5. The van der Waals surface area contributed by atoms with Crippen LogP contribution in [0, 0.1) is 58.7 Å². The Bertz CT molecular complexity index is 1110. The number of nitrogens with zero attached hydrogens (tertiary/aromatic N) is 3. The van der Waals surface area contributed by atoms with Gasteiger partial charge >= 0.3 is 0 Å². The number of hydrogen-bond acceptors (Lipinski definition) is 5. The Balaban J connectivity index is 1.30. The van der Waals surface area contributed by atoms with Gasteiger partial charge in [-0.05, 0) is 129 Å². The van der Waals surface area contributed by atoms with E-state index in [1.807, 2.05) is 6.08 Å². The molecule has 11 unspecified atom stereocenters. The van der Waals surface area contributed by atoms with Gasteiger partial charge in [-0.3, -0.25) is 9.59 Å². The van der Waals surface area contributed by atoms with Gasteiger partial charge in [0, 0.05) is 17.8 Å². The third-order valence-corrected chi connectivity index (χ3v) is 12.3. The number of hydrogen-bond donors (Lipinski definition) is 4. The quantitative estimate of drug-likeness (QED) is 0.0441. The SMILES string of the molecule is C#CCCCC(=O)NC(CN=[N+]=[N-])NC(=O)/C=C/CCC(C)C1CCC2C3CCC4CC(O)CCC4(C)C3CC(O)C12C. The zero-order valence-electron chi connectivity index (χ0n) is 26.4. The van der Waals surface area contributed by atoms with Gasteiger partial charge in [0.15, 0.2) is 0 Å². The van der Waals surface area contributed by atoms with Gasteiger partial charge < -0.3 is 20.8 Å². The largest absolute Gasteiger partial charge is 0.393 e. The first-order valence-corrected chi connectivity index (χ1v) is 16.6. The number of unbranched alkanes of at least 4 members (excludes halogenated alkanes) is 1. The molecule has 4 saturated carbocycles. The lowest BCUT2D eigenvalue weighted by Crippen LogP contribution is -2.58. The van der Waals surface area contributed by atoms with Crippen molar-refractivity contribution in [2.75, 3.05) is 6.54 Å². The van der Waals surface area contributed by atoms with Crippen LogP contribution in [0.5, 0.6) is 0 Å². The highest BCUT2D eigenvalue weighted by molar-refractivity contribution is 5.88. The molecule has 4 aliphatic carbocycles. The first kappa shape index (κ1) is 33.4. The lowest BCUT2D eigenvalue weighted by molar-refractivity contribution is -0.174. The van der Waals surface area contributed by atoms with Crippen molar-refractivity contribution in [1.29, 1.82) is 0 Å². The van der Waals surface area contributed by atoms with Gasteiger partial charge in [-0.15, -0.1) is 12.3 Å². The fraction of sp³-hybridized carbons (Fsp3) is 0.824. The highest BCUT2D eigenvalue weighted by atomic mass is 16.3. The van der Waals surface area contributed by atoms with E-state index in [-0.39, 0.29) is 47.8 Å². The monoisotopic (exact) mass is 595 g/mol. The molecule has 0 saturated heterocycles. The van der Waals surface area contributed by atoms with Crippen molar-refractivity contribution in [3.8, 4) is 12.3 Å². The predicted molar refractivity (Wildman–Crippen MR) is 167 cm³/mol. The molecule has 0 bridgehead atoms. The van der Waals surface area contributed by atoms with Gasteiger partial charge in [-0.2, -0.15) is 0 Å². The minimum Gasteiger partial charge on any atom is -0.393 e. The van der Waals surface area contributed by atoms with Crippen molar-refractivity contribution in [2.24, 2.45) is 51.5 Å². The molecule has 0 aromatic heterocycles. The summed E-state index contributed by atoms with van der Waals surface area (Å²) in [6.45, 7) is 7.04. The summed E-state index contributed by atoms with van der Waals surface area (Å²) in [7, 11) is 0. The van der Waals surface area contributed by atoms with Crippen LogP contribution in [-0.4, -0.2) is 46.9 Å². The van der Waals surface area contributed by atoms with E-state index in [4.69, 9.17) is 12.0 Å². The van der Waals surface area contributed by atoms with E-state index < -0.39 is 6.17 Å². The van der Waals surface area contributed by atoms with Crippen LogP contribution in [0.1, 0.15) is 104 Å². The molecule has 4 N–H and O–H groups in total. The summed E-state index contributed by atoms with van der Waals surface area (Å²) in [6.07, 6.45) is 18.9. The zero-order chi connectivity index (χ0) is 31.2. The Labute approximate surface area is 257 Å². The minimum atomic E-state index is -0.784. The number of amides is 2. The molecule has 0 heterocycles. The lowest BCUT2D eigenvalue weighted by atomic mass is 9.43. The highest BCUT2D eigenvalue weighted by Crippen LogP contribution is 2.68. The van der Waals surface area contributed by atoms with Gasteiger partial charge in [-0.1, -0.05) is 32.0 Å². The summed E-state index contributed by atoms with van der Waals surface area (Å²) in [5, 5.41) is 31.0. The number of terminal acetylenes is 1. The van der Waals surface area contributed by atoms with E-state index in [1.165, 1.54) is 25.3 Å². The number of carbonyl (C=O) groups is 2. The van der Waals surface area contributed by atoms with Crippen molar-refractivity contribution < 1.29 is 19.8 Å². The highest BCUT2D eigenvalue weighted by Gasteiger charge is 2.63. The van der Waals surface area contributed by atoms with E-state index in [1.54, 1.807) is 0 Å². The average Bonchev–Trinajstić information content (AvgIpc) is 3.33. The maximum Gasteiger partial charge on any atom is 0.245 e. The van der Waals surface area contributed by atoms with Crippen molar-refractivity contribution in [1.82, 2.24) is 10.6 Å². The molecule has 9 nitrogen and oxygen atoms in total. The molecule has 4 rings (SSSR count). The maximum absolute atomic E-state index is 12.6. The van der Waals surface area contributed by atoms with Gasteiger partial charge in [-0.25, -0.2) is 0 Å². The zero-order valence-corrected chi connectivity index (χ0v) is 26.4. The molecule has 4 aliphatic rings. The molecule has 0 aliphatic heterocycles. The van der Waals surface area contributed by atoms with Crippen LogP contribution in [0.25, 0.3) is 10.4 Å². The Kier molecular flexibility index (Phi) is 11.3. The molecule has 0 aromatic carbocycles. The van der Waals surface area contributed by atoms with Crippen molar-refractivity contribution in [3.63, 3.8) is 0 Å². The molecular weight excluding hydrogens is 542 g/mol. The van der Waals surface area contributed by atoms with Crippen molar-refractivity contribution in [3.05, 3.63) is 22.6 Å². The summed E-state index contributed by atoms with van der Waals surface area (Å²) >= 11 is 0. The minimum absolute atomic E-state index is 0.0774. The first-order valence-electron chi connectivity index (χ1n) is 16.6. The molecule has 0 aromatic rings. The van der Waals surface area contributed by atoms with Crippen LogP contribution >= 0.6 is 0 Å². The normalized spacial score (nSPS) is 38.0. The fourth-order valence-electron chi connectivity index (χ4n) is 9.99. The fourth-order valence-corrected chi connectivity index (χ4v) is 9.99. The van der Waals surface area contributed by atoms with Crippen LogP contribution in [0.15, 0.2) is 17.3 Å². The second-order valence-electron chi connectivity index (χ2n) is 14.4. The number of carbonyl (C=O) groups excluding carboxylic acids is 2. The third kappa shape index (κ3) is 7.24. The van der Waals surface area contributed by atoms with Gasteiger partial charge in [0.2, 0.25) is 11.8 Å². The molecule has 43 heavy (non-hydrogen) atoms. The number of aliphatic hydroxyl groups excluding tert-OH is 2. The molecule has 2 amide bonds. The topological polar surface area (TPSA) is 147 Å². The number of allylic oxidation sites excluding steroid dienone is 1. The van der Waals surface area contributed by atoms with Crippen LogP contribution in [0.3, 0.4) is 0 Å². The van der Waals surface area contributed by atoms with E-state index in [0.717, 1.165) is 44.9 Å². The van der Waals surface area contributed by atoms with Crippen LogP contribution in [0.4, 0.5) is 0 Å². The van der Waals surface area contributed by atoms with Gasteiger partial charge in [0.05, 0.1) is 18.8 Å². The van der Waals surface area contributed by atoms with Crippen LogP contribution in [0.2, 0.25) is 0 Å². The van der Waals surface area contributed by atoms with Gasteiger partial charge in [0.1, 0.15) is 6.17 Å². The smallest absolute Gasteiger partial charge is 0.245 e. The number of rotatable bonds is 12.